The zero-order valence-corrected chi connectivity index (χ0v) is 12.5. The molecule has 1 atom stereocenters. The van der Waals surface area contributed by atoms with E-state index in [1.165, 1.54) is 12.1 Å². The molecule has 1 aromatic carbocycles. The van der Waals surface area contributed by atoms with Gasteiger partial charge in [-0.05, 0) is 24.1 Å². The van der Waals surface area contributed by atoms with Crippen molar-refractivity contribution in [1.29, 1.82) is 0 Å². The molecule has 0 aliphatic rings. The summed E-state index contributed by atoms with van der Waals surface area (Å²) in [5.74, 6) is -0.287. The van der Waals surface area contributed by atoms with Crippen LogP contribution in [0.15, 0.2) is 18.2 Å². The van der Waals surface area contributed by atoms with E-state index in [1.807, 2.05) is 13.8 Å². The molecule has 3 N–H and O–H groups in total. The zero-order chi connectivity index (χ0) is 16.9. The van der Waals surface area contributed by atoms with Crippen molar-refractivity contribution >= 4 is 11.9 Å². The number of nitrogens with two attached hydrogens (primary N) is 1. The maximum atomic E-state index is 13.7. The number of terminal acetylenes is 1. The number of benzene rings is 1. The van der Waals surface area contributed by atoms with Crippen LogP contribution >= 0.6 is 0 Å². The van der Waals surface area contributed by atoms with Gasteiger partial charge in [0.05, 0.1) is 5.56 Å². The van der Waals surface area contributed by atoms with Crippen LogP contribution in [0.5, 0.6) is 0 Å². The van der Waals surface area contributed by atoms with E-state index < -0.39 is 23.7 Å². The molecular formula is C16H19FN2O3. The van der Waals surface area contributed by atoms with Gasteiger partial charge in [0.2, 0.25) is 0 Å². The van der Waals surface area contributed by atoms with E-state index in [-0.39, 0.29) is 30.1 Å². The third kappa shape index (κ3) is 4.06. The summed E-state index contributed by atoms with van der Waals surface area (Å²) < 4.78 is 13.7. The summed E-state index contributed by atoms with van der Waals surface area (Å²) in [5.41, 5.74) is 5.55. The molecule has 1 amide bonds. The Balaban J connectivity index is 3.19. The van der Waals surface area contributed by atoms with E-state index in [0.29, 0.717) is 0 Å². The molecule has 1 unspecified atom stereocenters. The first-order valence-electron chi connectivity index (χ1n) is 6.81. The van der Waals surface area contributed by atoms with Crippen LogP contribution in [0.25, 0.3) is 0 Å². The quantitative estimate of drug-likeness (QED) is 0.776. The van der Waals surface area contributed by atoms with Gasteiger partial charge in [0.15, 0.2) is 0 Å². The highest BCUT2D eigenvalue weighted by Crippen LogP contribution is 2.15. The second kappa shape index (κ2) is 7.57. The van der Waals surface area contributed by atoms with Crippen LogP contribution in [-0.4, -0.2) is 41.0 Å². The number of carboxylic acid groups (broad SMARTS) is 1. The van der Waals surface area contributed by atoms with Gasteiger partial charge in [-0.3, -0.25) is 4.79 Å². The van der Waals surface area contributed by atoms with Gasteiger partial charge >= 0.3 is 5.97 Å². The highest BCUT2D eigenvalue weighted by Gasteiger charge is 2.30. The molecule has 0 aliphatic carbocycles. The molecule has 5 nitrogen and oxygen atoms in total. The summed E-state index contributed by atoms with van der Waals surface area (Å²) in [6.07, 6.45) is 5.13. The van der Waals surface area contributed by atoms with E-state index in [4.69, 9.17) is 12.2 Å². The minimum atomic E-state index is -1.20. The summed E-state index contributed by atoms with van der Waals surface area (Å²) >= 11 is 0. The first-order chi connectivity index (χ1) is 10.3. The molecule has 0 heterocycles. The van der Waals surface area contributed by atoms with Gasteiger partial charge < -0.3 is 15.7 Å². The lowest BCUT2D eigenvalue weighted by Crippen LogP contribution is -2.50. The number of carbonyl (C=O) groups is 2. The average molecular weight is 306 g/mol. The molecule has 0 saturated carbocycles. The number of hydrogen-bond donors (Lipinski definition) is 2. The van der Waals surface area contributed by atoms with E-state index in [2.05, 4.69) is 5.92 Å². The summed E-state index contributed by atoms with van der Waals surface area (Å²) in [6.45, 7) is 3.67. The minimum Gasteiger partial charge on any atom is -0.480 e. The third-order valence-corrected chi connectivity index (χ3v) is 3.08. The normalized spacial score (nSPS) is 11.8. The summed E-state index contributed by atoms with van der Waals surface area (Å²) in [5, 5.41) is 9.21. The first-order valence-corrected chi connectivity index (χ1v) is 6.81. The molecule has 1 rings (SSSR count). The second-order valence-corrected chi connectivity index (χ2v) is 5.28. The zero-order valence-electron chi connectivity index (χ0n) is 12.5. The second-order valence-electron chi connectivity index (χ2n) is 5.28. The molecule has 1 aromatic rings. The van der Waals surface area contributed by atoms with Crippen molar-refractivity contribution in [3.8, 4) is 12.3 Å². The molecule has 118 valence electrons. The molecule has 0 aromatic heterocycles. The van der Waals surface area contributed by atoms with Crippen LogP contribution in [0.1, 0.15) is 29.8 Å². The van der Waals surface area contributed by atoms with Crippen molar-refractivity contribution in [3.05, 3.63) is 35.1 Å². The van der Waals surface area contributed by atoms with Crippen molar-refractivity contribution in [1.82, 2.24) is 4.90 Å². The van der Waals surface area contributed by atoms with Crippen LogP contribution in [-0.2, 0) is 4.79 Å². The average Bonchev–Trinajstić information content (AvgIpc) is 2.45. The van der Waals surface area contributed by atoms with Gasteiger partial charge in [-0.2, -0.15) is 0 Å². The van der Waals surface area contributed by atoms with E-state index >= 15 is 0 Å². The number of hydrogen-bond acceptors (Lipinski definition) is 3. The molecule has 0 saturated heterocycles. The van der Waals surface area contributed by atoms with E-state index in [9.17, 15) is 19.1 Å². The Morgan fingerprint density at radius 1 is 1.45 bits per heavy atom. The highest BCUT2D eigenvalue weighted by atomic mass is 19.1. The fraction of sp³-hybridized carbons (Fsp3) is 0.375. The number of carbonyl (C=O) groups excluding carboxylic acids is 1. The monoisotopic (exact) mass is 306 g/mol. The van der Waals surface area contributed by atoms with Gasteiger partial charge in [0.25, 0.3) is 5.91 Å². The topological polar surface area (TPSA) is 83.6 Å². The Labute approximate surface area is 128 Å². The van der Waals surface area contributed by atoms with Crippen molar-refractivity contribution in [3.63, 3.8) is 0 Å². The van der Waals surface area contributed by atoms with Crippen LogP contribution in [0.4, 0.5) is 4.39 Å². The Hall–Kier alpha value is -2.39. The van der Waals surface area contributed by atoms with Crippen molar-refractivity contribution < 1.29 is 19.1 Å². The van der Waals surface area contributed by atoms with Gasteiger partial charge in [-0.15, -0.1) is 6.42 Å². The van der Waals surface area contributed by atoms with Gasteiger partial charge in [-0.25, -0.2) is 9.18 Å². The lowest BCUT2D eigenvalue weighted by atomic mass is 10.1. The van der Waals surface area contributed by atoms with Gasteiger partial charge in [-0.1, -0.05) is 19.8 Å². The van der Waals surface area contributed by atoms with Gasteiger partial charge in [0.1, 0.15) is 11.9 Å². The van der Waals surface area contributed by atoms with Crippen LogP contribution in [0, 0.1) is 24.1 Å². The highest BCUT2D eigenvalue weighted by molar-refractivity contribution is 5.96. The minimum absolute atomic E-state index is 0.0344. The lowest BCUT2D eigenvalue weighted by molar-refractivity contribution is -0.142. The van der Waals surface area contributed by atoms with Crippen LogP contribution in [0.3, 0.4) is 0 Å². The molecular weight excluding hydrogens is 287 g/mol. The first kappa shape index (κ1) is 17.7. The smallest absolute Gasteiger partial charge is 0.327 e. The number of rotatable bonds is 6. The van der Waals surface area contributed by atoms with Crippen molar-refractivity contribution in [2.75, 3.05) is 13.1 Å². The van der Waals surface area contributed by atoms with Crippen molar-refractivity contribution in [2.45, 2.75) is 19.9 Å². The number of halogens is 1. The summed E-state index contributed by atoms with van der Waals surface area (Å²) in [4.78, 5) is 25.0. The van der Waals surface area contributed by atoms with E-state index in [0.717, 1.165) is 11.0 Å². The maximum absolute atomic E-state index is 13.7. The molecule has 0 fully saturated rings. The Bertz CT molecular complexity index is 608. The maximum Gasteiger partial charge on any atom is 0.327 e. The number of nitrogens with zero attached hydrogens (tertiary/aromatic N) is 1. The van der Waals surface area contributed by atoms with Crippen LogP contribution < -0.4 is 5.73 Å². The fourth-order valence-corrected chi connectivity index (χ4v) is 2.04. The van der Waals surface area contributed by atoms with Gasteiger partial charge in [0, 0.05) is 18.7 Å². The third-order valence-electron chi connectivity index (χ3n) is 3.08. The lowest BCUT2D eigenvalue weighted by Gasteiger charge is -2.29. The number of amides is 1. The molecule has 22 heavy (non-hydrogen) atoms. The SMILES string of the molecule is C#Cc1ccc(C(=O)N(CC(C)C)C(CN)C(=O)O)cc1F. The Morgan fingerprint density at radius 3 is 2.50 bits per heavy atom. The predicted octanol–water partition coefficient (Wildman–Crippen LogP) is 1.32. The summed E-state index contributed by atoms with van der Waals surface area (Å²) in [7, 11) is 0. The molecule has 0 bridgehead atoms. The summed E-state index contributed by atoms with van der Waals surface area (Å²) in [6, 6.07) is 2.54. The molecule has 0 radical (unpaired) electrons. The number of carboxylic acids is 1. The molecule has 6 heteroatoms. The fourth-order valence-electron chi connectivity index (χ4n) is 2.04. The van der Waals surface area contributed by atoms with Crippen LogP contribution in [0.2, 0.25) is 0 Å². The molecule has 0 aliphatic heterocycles. The van der Waals surface area contributed by atoms with Crippen molar-refractivity contribution in [2.24, 2.45) is 11.7 Å². The predicted molar refractivity (Wildman–Crippen MR) is 80.7 cm³/mol. The van der Waals surface area contributed by atoms with E-state index in [1.54, 1.807) is 0 Å². The standard InChI is InChI=1S/C16H19FN2O3/c1-4-11-5-6-12(7-13(11)17)15(20)19(9-10(2)3)14(8-18)16(21)22/h1,5-7,10,14H,8-9,18H2,2-3H3,(H,21,22). The molecule has 0 spiro atoms. The Kier molecular flexibility index (Phi) is 6.08. The Morgan fingerprint density at radius 2 is 2.09 bits per heavy atom. The number of aliphatic carboxylic acids is 1. The largest absolute Gasteiger partial charge is 0.480 e.